The van der Waals surface area contributed by atoms with E-state index in [4.69, 9.17) is 5.26 Å². The van der Waals surface area contributed by atoms with Crippen molar-refractivity contribution < 1.29 is 4.79 Å². The predicted molar refractivity (Wildman–Crippen MR) is 140 cm³/mol. The summed E-state index contributed by atoms with van der Waals surface area (Å²) in [5, 5.41) is 31.9. The van der Waals surface area contributed by atoms with E-state index in [1.807, 2.05) is 30.3 Å². The second-order valence-corrected chi connectivity index (χ2v) is 8.81. The zero-order valence-electron chi connectivity index (χ0n) is 20.6. The zero-order chi connectivity index (χ0) is 25.3. The number of hydrogen-bond acceptors (Lipinski definition) is 9. The molecule has 188 valence electrons. The molecule has 1 aromatic carbocycles. The lowest BCUT2D eigenvalue weighted by atomic mass is 9.83. The number of carbonyl (C=O) groups excluding carboxylic acids is 1. The van der Waals surface area contributed by atoms with Crippen molar-refractivity contribution in [1.29, 1.82) is 5.26 Å². The van der Waals surface area contributed by atoms with Crippen LogP contribution in [0.15, 0.2) is 36.4 Å². The number of H-pyrrole nitrogens is 1. The van der Waals surface area contributed by atoms with E-state index in [1.165, 1.54) is 19.3 Å². The van der Waals surface area contributed by atoms with Crippen LogP contribution in [0, 0.1) is 11.3 Å². The molecule has 11 heteroatoms. The van der Waals surface area contributed by atoms with Crippen molar-refractivity contribution >= 4 is 35.0 Å². The Hall–Kier alpha value is -4.17. The fraction of sp³-hybridized carbons (Fsp3) is 0.400. The van der Waals surface area contributed by atoms with E-state index in [2.05, 4.69) is 52.8 Å². The molecule has 1 saturated carbocycles. The summed E-state index contributed by atoms with van der Waals surface area (Å²) < 4.78 is 0. The Balaban J connectivity index is 1.46. The molecule has 6 N–H and O–H groups in total. The van der Waals surface area contributed by atoms with E-state index >= 15 is 0 Å². The average molecular weight is 489 g/mol. The molecule has 0 unspecified atom stereocenters. The van der Waals surface area contributed by atoms with Crippen LogP contribution in [0.25, 0.3) is 0 Å². The van der Waals surface area contributed by atoms with E-state index in [-0.39, 0.29) is 11.9 Å². The van der Waals surface area contributed by atoms with Crippen LogP contribution in [0.5, 0.6) is 0 Å². The third-order valence-electron chi connectivity index (χ3n) is 6.17. The van der Waals surface area contributed by atoms with Gasteiger partial charge in [-0.15, -0.1) is 0 Å². The number of rotatable bonds is 12. The van der Waals surface area contributed by atoms with Gasteiger partial charge in [-0.2, -0.15) is 20.3 Å². The number of hydrogen-bond donors (Lipinski definition) is 6. The maximum Gasteiger partial charge on any atom is 0.236 e. The van der Waals surface area contributed by atoms with Gasteiger partial charge in [-0.05, 0) is 44.5 Å². The normalized spacial score (nSPS) is 13.8. The molecule has 1 fully saturated rings. The third-order valence-corrected chi connectivity index (χ3v) is 6.17. The highest BCUT2D eigenvalue weighted by atomic mass is 16.2. The van der Waals surface area contributed by atoms with Crippen molar-refractivity contribution in [3.05, 3.63) is 47.7 Å². The molecule has 36 heavy (non-hydrogen) atoms. The topological polar surface area (TPSA) is 155 Å². The molecule has 1 atom stereocenters. The summed E-state index contributed by atoms with van der Waals surface area (Å²) in [6.07, 6.45) is 4.00. The van der Waals surface area contributed by atoms with Gasteiger partial charge in [0.15, 0.2) is 5.82 Å². The largest absolute Gasteiger partial charge is 0.368 e. The molecule has 2 heterocycles. The van der Waals surface area contributed by atoms with Gasteiger partial charge in [0, 0.05) is 42.5 Å². The zero-order valence-corrected chi connectivity index (χ0v) is 20.6. The first kappa shape index (κ1) is 24.9. The Morgan fingerprint density at radius 1 is 1.11 bits per heavy atom. The summed E-state index contributed by atoms with van der Waals surface area (Å²) >= 11 is 0. The molecular formula is C25H32N10O. The fourth-order valence-corrected chi connectivity index (χ4v) is 3.70. The number of anilines is 5. The average Bonchev–Trinajstić information content (AvgIpc) is 3.28. The van der Waals surface area contributed by atoms with Crippen LogP contribution >= 0.6 is 0 Å². The van der Waals surface area contributed by atoms with Crippen LogP contribution in [0.2, 0.25) is 0 Å². The number of carbonyl (C=O) groups is 1. The maximum absolute atomic E-state index is 12.0. The minimum atomic E-state index is -0.256. The van der Waals surface area contributed by atoms with Gasteiger partial charge < -0.3 is 26.6 Å². The van der Waals surface area contributed by atoms with Gasteiger partial charge in [-0.3, -0.25) is 9.89 Å². The van der Waals surface area contributed by atoms with Crippen LogP contribution in [0.1, 0.15) is 43.4 Å². The van der Waals surface area contributed by atoms with Crippen LogP contribution in [-0.2, 0) is 11.2 Å². The number of aromatic nitrogens is 4. The number of benzene rings is 1. The molecule has 2 aromatic heterocycles. The van der Waals surface area contributed by atoms with Crippen molar-refractivity contribution in [3.8, 4) is 6.07 Å². The molecule has 0 radical (unpaired) electrons. The SMILES string of the molecule is CN[C@@H](C)C(=O)NCCNc1cc(Nc2cc(C3CCC3)[nH]n2)nc(Nc2ccc(CC#N)cc2)n1. The predicted octanol–water partition coefficient (Wildman–Crippen LogP) is 3.16. The number of nitriles is 1. The van der Waals surface area contributed by atoms with Crippen LogP contribution in [0.3, 0.4) is 0 Å². The number of nitrogens with zero attached hydrogens (tertiary/aromatic N) is 4. The summed E-state index contributed by atoms with van der Waals surface area (Å²) in [7, 11) is 1.75. The van der Waals surface area contributed by atoms with Crippen LogP contribution in [0.4, 0.5) is 29.1 Å². The fourth-order valence-electron chi connectivity index (χ4n) is 3.70. The molecule has 0 saturated heterocycles. The second-order valence-electron chi connectivity index (χ2n) is 8.81. The van der Waals surface area contributed by atoms with Crippen molar-refractivity contribution in [2.75, 3.05) is 36.1 Å². The molecule has 1 aliphatic rings. The summed E-state index contributed by atoms with van der Waals surface area (Å²) in [6.45, 7) is 2.75. The minimum Gasteiger partial charge on any atom is -0.368 e. The number of amides is 1. The molecule has 1 aliphatic carbocycles. The van der Waals surface area contributed by atoms with E-state index in [0.717, 1.165) is 16.9 Å². The summed E-state index contributed by atoms with van der Waals surface area (Å²) in [5.41, 5.74) is 2.89. The molecule has 3 aromatic rings. The number of nitrogens with one attached hydrogen (secondary N) is 6. The van der Waals surface area contributed by atoms with Crippen molar-refractivity contribution in [1.82, 2.24) is 30.8 Å². The van der Waals surface area contributed by atoms with Gasteiger partial charge >= 0.3 is 0 Å². The van der Waals surface area contributed by atoms with Gasteiger partial charge in [0.1, 0.15) is 11.6 Å². The quantitative estimate of drug-likeness (QED) is 0.211. The minimum absolute atomic E-state index is 0.0626. The van der Waals surface area contributed by atoms with Gasteiger partial charge in [-0.1, -0.05) is 18.6 Å². The third kappa shape index (κ3) is 6.70. The van der Waals surface area contributed by atoms with Gasteiger partial charge in [0.2, 0.25) is 11.9 Å². The van der Waals surface area contributed by atoms with E-state index < -0.39 is 0 Å². The van der Waals surface area contributed by atoms with Crippen LogP contribution in [-0.4, -0.2) is 52.3 Å². The highest BCUT2D eigenvalue weighted by Crippen LogP contribution is 2.36. The number of aromatic amines is 1. The van der Waals surface area contributed by atoms with E-state index in [0.29, 0.717) is 48.8 Å². The lowest BCUT2D eigenvalue weighted by molar-refractivity contribution is -0.122. The van der Waals surface area contributed by atoms with E-state index in [9.17, 15) is 4.79 Å². The van der Waals surface area contributed by atoms with Crippen molar-refractivity contribution in [2.24, 2.45) is 0 Å². The first-order valence-electron chi connectivity index (χ1n) is 12.2. The van der Waals surface area contributed by atoms with E-state index in [1.54, 1.807) is 20.0 Å². The Labute approximate surface area is 210 Å². The first-order valence-corrected chi connectivity index (χ1v) is 12.2. The molecule has 4 rings (SSSR count). The highest BCUT2D eigenvalue weighted by molar-refractivity contribution is 5.81. The lowest BCUT2D eigenvalue weighted by Crippen LogP contribution is -2.42. The first-order chi connectivity index (χ1) is 17.5. The monoisotopic (exact) mass is 488 g/mol. The second kappa shape index (κ2) is 12.0. The molecular weight excluding hydrogens is 456 g/mol. The Morgan fingerprint density at radius 2 is 1.89 bits per heavy atom. The standard InChI is InChI=1S/C25H32N10O/c1-16(27-2)24(36)29-13-12-28-21-15-22(31-23-14-20(34-35-23)18-4-3-5-18)33-25(32-21)30-19-8-6-17(7-9-19)10-11-26/h6-9,14-16,18,27H,3-5,10,12-13H2,1-2H3,(H,29,36)(H4,28,30,31,32,33,34,35)/t16-/m0/s1. The molecule has 0 aliphatic heterocycles. The maximum atomic E-state index is 12.0. The highest BCUT2D eigenvalue weighted by Gasteiger charge is 2.21. The van der Waals surface area contributed by atoms with Gasteiger partial charge in [0.05, 0.1) is 18.5 Å². The smallest absolute Gasteiger partial charge is 0.236 e. The molecule has 11 nitrogen and oxygen atoms in total. The molecule has 0 bridgehead atoms. The summed E-state index contributed by atoms with van der Waals surface area (Å²) in [4.78, 5) is 21.1. The Morgan fingerprint density at radius 3 is 2.58 bits per heavy atom. The summed E-state index contributed by atoms with van der Waals surface area (Å²) in [6, 6.07) is 13.3. The van der Waals surface area contributed by atoms with Crippen molar-refractivity contribution in [2.45, 2.75) is 44.6 Å². The molecule has 1 amide bonds. The number of likely N-dealkylation sites (N-methyl/N-ethyl adjacent to an activating group) is 1. The Bertz CT molecular complexity index is 1200. The van der Waals surface area contributed by atoms with Crippen LogP contribution < -0.4 is 26.6 Å². The lowest BCUT2D eigenvalue weighted by Gasteiger charge is -2.23. The molecule has 0 spiro atoms. The van der Waals surface area contributed by atoms with Gasteiger partial charge in [-0.25, -0.2) is 0 Å². The summed E-state index contributed by atoms with van der Waals surface area (Å²) in [5.74, 6) is 2.77. The van der Waals surface area contributed by atoms with Crippen molar-refractivity contribution in [3.63, 3.8) is 0 Å². The van der Waals surface area contributed by atoms with Gasteiger partial charge in [0.25, 0.3) is 0 Å². The Kier molecular flexibility index (Phi) is 8.31.